The molecule has 2 aromatic carbocycles. The second-order valence-corrected chi connectivity index (χ2v) is 8.69. The van der Waals surface area contributed by atoms with E-state index in [9.17, 15) is 8.42 Å². The summed E-state index contributed by atoms with van der Waals surface area (Å²) in [7, 11) is -3.64. The number of aromatic nitrogens is 2. The fourth-order valence-corrected chi connectivity index (χ4v) is 4.68. The molecular formula is C20H17N3O2S2. The van der Waals surface area contributed by atoms with Crippen molar-refractivity contribution < 1.29 is 8.42 Å². The van der Waals surface area contributed by atoms with E-state index in [1.54, 1.807) is 30.5 Å². The molecule has 0 spiro atoms. The molecule has 5 nitrogen and oxygen atoms in total. The van der Waals surface area contributed by atoms with Gasteiger partial charge in [0.05, 0.1) is 4.90 Å². The second-order valence-electron chi connectivity index (χ2n) is 6.03. The van der Waals surface area contributed by atoms with Crippen LogP contribution >= 0.6 is 11.3 Å². The Morgan fingerprint density at radius 1 is 1.04 bits per heavy atom. The van der Waals surface area contributed by atoms with E-state index in [4.69, 9.17) is 0 Å². The van der Waals surface area contributed by atoms with E-state index in [-0.39, 0.29) is 4.90 Å². The van der Waals surface area contributed by atoms with Gasteiger partial charge in [0.15, 0.2) is 0 Å². The SMILES string of the molecule is CCc1ccc(S(=O)(=O)Nc2cccc(-c3nc4cccnc4s3)c2)cc1. The number of hydrogen-bond donors (Lipinski definition) is 1. The van der Waals surface area contributed by atoms with Gasteiger partial charge in [0.25, 0.3) is 10.0 Å². The molecular weight excluding hydrogens is 378 g/mol. The monoisotopic (exact) mass is 395 g/mol. The topological polar surface area (TPSA) is 72.0 Å². The molecule has 0 saturated carbocycles. The molecule has 0 aliphatic carbocycles. The Bertz CT molecular complexity index is 1170. The highest BCUT2D eigenvalue weighted by atomic mass is 32.2. The van der Waals surface area contributed by atoms with Crippen molar-refractivity contribution >= 4 is 37.4 Å². The third-order valence-electron chi connectivity index (χ3n) is 4.17. The van der Waals surface area contributed by atoms with Crippen molar-refractivity contribution in [3.05, 3.63) is 72.4 Å². The maximum Gasteiger partial charge on any atom is 0.261 e. The summed E-state index contributed by atoms with van der Waals surface area (Å²) in [4.78, 5) is 9.98. The molecule has 0 saturated heterocycles. The molecule has 2 aromatic heterocycles. The number of sulfonamides is 1. The first-order valence-corrected chi connectivity index (χ1v) is 10.8. The van der Waals surface area contributed by atoms with E-state index in [0.717, 1.165) is 32.9 Å². The summed E-state index contributed by atoms with van der Waals surface area (Å²) in [5, 5.41) is 0.803. The quantitative estimate of drug-likeness (QED) is 0.531. The number of thiazole rings is 1. The predicted molar refractivity (Wildman–Crippen MR) is 109 cm³/mol. The van der Waals surface area contributed by atoms with E-state index in [1.165, 1.54) is 11.3 Å². The number of fused-ring (bicyclic) bond motifs is 1. The molecule has 0 aliphatic heterocycles. The second kappa shape index (κ2) is 7.09. The Morgan fingerprint density at radius 3 is 2.59 bits per heavy atom. The first-order valence-electron chi connectivity index (χ1n) is 8.49. The molecule has 4 rings (SSSR count). The summed E-state index contributed by atoms with van der Waals surface area (Å²) in [5.41, 5.74) is 3.28. The van der Waals surface area contributed by atoms with Crippen molar-refractivity contribution in [3.63, 3.8) is 0 Å². The number of nitrogens with one attached hydrogen (secondary N) is 1. The first kappa shape index (κ1) is 17.6. The minimum absolute atomic E-state index is 0.245. The third kappa shape index (κ3) is 3.70. The lowest BCUT2D eigenvalue weighted by Gasteiger charge is -2.09. The van der Waals surface area contributed by atoms with Gasteiger partial charge in [-0.2, -0.15) is 0 Å². The van der Waals surface area contributed by atoms with E-state index < -0.39 is 10.0 Å². The third-order valence-corrected chi connectivity index (χ3v) is 6.60. The average molecular weight is 396 g/mol. The smallest absolute Gasteiger partial charge is 0.261 e. The van der Waals surface area contributed by atoms with Gasteiger partial charge in [0.2, 0.25) is 0 Å². The highest BCUT2D eigenvalue weighted by Crippen LogP contribution is 2.30. The van der Waals surface area contributed by atoms with Crippen molar-refractivity contribution in [1.29, 1.82) is 0 Å². The zero-order chi connectivity index (χ0) is 18.9. The lowest BCUT2D eigenvalue weighted by molar-refractivity contribution is 0.601. The molecule has 0 unspecified atom stereocenters. The van der Waals surface area contributed by atoms with Gasteiger partial charge in [0, 0.05) is 17.4 Å². The Morgan fingerprint density at radius 2 is 1.85 bits per heavy atom. The minimum Gasteiger partial charge on any atom is -0.280 e. The Hall–Kier alpha value is -2.77. The summed E-state index contributed by atoms with van der Waals surface area (Å²) in [6.45, 7) is 2.03. The minimum atomic E-state index is -3.64. The van der Waals surface area contributed by atoms with Crippen molar-refractivity contribution in [2.24, 2.45) is 0 Å². The molecule has 0 radical (unpaired) electrons. The molecule has 0 atom stereocenters. The molecule has 0 fully saturated rings. The molecule has 0 aliphatic rings. The van der Waals surface area contributed by atoms with Crippen LogP contribution in [-0.4, -0.2) is 18.4 Å². The van der Waals surface area contributed by atoms with Crippen LogP contribution in [0, 0.1) is 0 Å². The maximum atomic E-state index is 12.7. The highest BCUT2D eigenvalue weighted by Gasteiger charge is 2.15. The molecule has 0 amide bonds. The van der Waals surface area contributed by atoms with E-state index in [0.29, 0.717) is 5.69 Å². The molecule has 4 aromatic rings. The van der Waals surface area contributed by atoms with Gasteiger partial charge in [-0.1, -0.05) is 42.5 Å². The average Bonchev–Trinajstić information content (AvgIpc) is 3.12. The van der Waals surface area contributed by atoms with Crippen LogP contribution in [0.25, 0.3) is 20.9 Å². The summed E-state index contributed by atoms with van der Waals surface area (Å²) in [6.07, 6.45) is 2.60. The van der Waals surface area contributed by atoms with Crippen LogP contribution in [0.3, 0.4) is 0 Å². The number of aryl methyl sites for hydroxylation is 1. The van der Waals surface area contributed by atoms with Crippen LogP contribution in [0.5, 0.6) is 0 Å². The van der Waals surface area contributed by atoms with Gasteiger partial charge >= 0.3 is 0 Å². The number of nitrogens with zero attached hydrogens (tertiary/aromatic N) is 2. The Labute approximate surface area is 161 Å². The summed E-state index contributed by atoms with van der Waals surface area (Å²) in [6, 6.07) is 17.9. The number of pyridine rings is 1. The van der Waals surface area contributed by atoms with E-state index in [1.807, 2.05) is 43.3 Å². The maximum absolute atomic E-state index is 12.7. The van der Waals surface area contributed by atoms with Crippen LogP contribution in [0.4, 0.5) is 5.69 Å². The van der Waals surface area contributed by atoms with Crippen molar-refractivity contribution in [2.75, 3.05) is 4.72 Å². The number of anilines is 1. The zero-order valence-corrected chi connectivity index (χ0v) is 16.2. The fourth-order valence-electron chi connectivity index (χ4n) is 2.73. The fraction of sp³-hybridized carbons (Fsp3) is 0.100. The van der Waals surface area contributed by atoms with Crippen molar-refractivity contribution in [2.45, 2.75) is 18.2 Å². The molecule has 0 bridgehead atoms. The Kier molecular flexibility index (Phi) is 4.63. The zero-order valence-electron chi connectivity index (χ0n) is 14.6. The number of hydrogen-bond acceptors (Lipinski definition) is 5. The van der Waals surface area contributed by atoms with Gasteiger partial charge in [-0.15, -0.1) is 0 Å². The van der Waals surface area contributed by atoms with Gasteiger partial charge in [0.1, 0.15) is 15.4 Å². The standard InChI is InChI=1S/C20H17N3O2S2/c1-2-14-8-10-17(11-9-14)27(24,25)23-16-6-3-5-15(13-16)19-22-18-7-4-12-21-20(18)26-19/h3-13,23H,2H2,1H3. The number of rotatable bonds is 5. The van der Waals surface area contributed by atoms with Crippen LogP contribution in [0.2, 0.25) is 0 Å². The van der Waals surface area contributed by atoms with Gasteiger partial charge in [-0.25, -0.2) is 18.4 Å². The Balaban J connectivity index is 1.63. The van der Waals surface area contributed by atoms with Crippen LogP contribution in [-0.2, 0) is 16.4 Å². The summed E-state index contributed by atoms with van der Waals surface area (Å²) < 4.78 is 28.0. The van der Waals surface area contributed by atoms with E-state index >= 15 is 0 Å². The molecule has 2 heterocycles. The lowest BCUT2D eigenvalue weighted by atomic mass is 10.2. The lowest BCUT2D eigenvalue weighted by Crippen LogP contribution is -2.12. The van der Waals surface area contributed by atoms with E-state index in [2.05, 4.69) is 14.7 Å². The summed E-state index contributed by atoms with van der Waals surface area (Å²) >= 11 is 1.48. The molecule has 136 valence electrons. The number of benzene rings is 2. The normalized spacial score (nSPS) is 11.6. The van der Waals surface area contributed by atoms with Gasteiger partial charge in [-0.3, -0.25) is 4.72 Å². The summed E-state index contributed by atoms with van der Waals surface area (Å²) in [5.74, 6) is 0. The van der Waals surface area contributed by atoms with Crippen molar-refractivity contribution in [3.8, 4) is 10.6 Å². The molecule has 1 N–H and O–H groups in total. The van der Waals surface area contributed by atoms with Gasteiger partial charge in [-0.05, 0) is 48.4 Å². The predicted octanol–water partition coefficient (Wildman–Crippen LogP) is 4.72. The molecule has 27 heavy (non-hydrogen) atoms. The van der Waals surface area contributed by atoms with Crippen molar-refractivity contribution in [1.82, 2.24) is 9.97 Å². The van der Waals surface area contributed by atoms with Crippen LogP contribution in [0.15, 0.2) is 71.8 Å². The van der Waals surface area contributed by atoms with Crippen LogP contribution in [0.1, 0.15) is 12.5 Å². The highest BCUT2D eigenvalue weighted by molar-refractivity contribution is 7.92. The first-order chi connectivity index (χ1) is 13.0. The van der Waals surface area contributed by atoms with Crippen LogP contribution < -0.4 is 4.72 Å². The largest absolute Gasteiger partial charge is 0.280 e. The molecule has 7 heteroatoms. The van der Waals surface area contributed by atoms with Gasteiger partial charge < -0.3 is 0 Å².